The molecule has 19 heavy (non-hydrogen) atoms. The lowest BCUT2D eigenvalue weighted by Crippen LogP contribution is -2.59. The van der Waals surface area contributed by atoms with Gasteiger partial charge in [-0.05, 0) is 31.6 Å². The minimum absolute atomic E-state index is 0.00968. The second-order valence-electron chi connectivity index (χ2n) is 5.81. The molecule has 1 saturated heterocycles. The van der Waals surface area contributed by atoms with Crippen LogP contribution in [-0.2, 0) is 9.53 Å². The van der Waals surface area contributed by atoms with Crippen molar-refractivity contribution in [3.63, 3.8) is 0 Å². The van der Waals surface area contributed by atoms with E-state index in [1.165, 1.54) is 0 Å². The van der Waals surface area contributed by atoms with Gasteiger partial charge in [0.2, 0.25) is 5.91 Å². The topological polar surface area (TPSA) is 88.2 Å². The molecule has 6 nitrogen and oxygen atoms in total. The van der Waals surface area contributed by atoms with Gasteiger partial charge >= 0.3 is 0 Å². The van der Waals surface area contributed by atoms with Crippen LogP contribution in [0, 0.1) is 11.3 Å². The number of likely N-dealkylation sites (tertiary alicyclic amines) is 1. The van der Waals surface area contributed by atoms with Crippen molar-refractivity contribution in [1.29, 1.82) is 0 Å². The fourth-order valence-electron chi connectivity index (χ4n) is 3.32. The maximum atomic E-state index is 12.7. The Morgan fingerprint density at radius 3 is 2.42 bits per heavy atom. The molecule has 1 amide bonds. The van der Waals surface area contributed by atoms with Gasteiger partial charge in [0.1, 0.15) is 5.41 Å². The number of piperidine rings is 1. The lowest BCUT2D eigenvalue weighted by atomic mass is 9.61. The zero-order valence-electron chi connectivity index (χ0n) is 11.6. The van der Waals surface area contributed by atoms with E-state index < -0.39 is 5.41 Å². The van der Waals surface area contributed by atoms with Gasteiger partial charge in [-0.25, -0.2) is 0 Å². The monoisotopic (exact) mass is 269 g/mol. The summed E-state index contributed by atoms with van der Waals surface area (Å²) in [4.78, 5) is 14.5. The van der Waals surface area contributed by atoms with Gasteiger partial charge in [-0.1, -0.05) is 12.1 Å². The largest absolute Gasteiger partial charge is 0.409 e. The average molecular weight is 269 g/mol. The van der Waals surface area contributed by atoms with E-state index in [2.05, 4.69) is 12.1 Å². The highest BCUT2D eigenvalue weighted by Gasteiger charge is 2.53. The number of carbonyl (C=O) groups excluding carboxylic acids is 1. The summed E-state index contributed by atoms with van der Waals surface area (Å²) in [5.41, 5.74) is 4.99. The molecule has 0 aromatic rings. The van der Waals surface area contributed by atoms with Crippen LogP contribution in [-0.4, -0.2) is 48.2 Å². The molecule has 6 heteroatoms. The Morgan fingerprint density at radius 1 is 1.42 bits per heavy atom. The first-order valence-corrected chi connectivity index (χ1v) is 6.83. The number of nitrogens with zero attached hydrogens (tertiary/aromatic N) is 2. The van der Waals surface area contributed by atoms with E-state index in [9.17, 15) is 4.79 Å². The Kier molecular flexibility index (Phi) is 3.99. The number of hydrogen-bond donors (Lipinski definition) is 2. The second kappa shape index (κ2) is 5.36. The fraction of sp³-hybridized carbons (Fsp3) is 0.846. The molecule has 0 spiro atoms. The number of methoxy groups -OCH3 is 1. The smallest absolute Gasteiger partial charge is 0.236 e. The van der Waals surface area contributed by atoms with Gasteiger partial charge in [0.15, 0.2) is 5.84 Å². The second-order valence-corrected chi connectivity index (χ2v) is 5.81. The number of carbonyl (C=O) groups is 1. The summed E-state index contributed by atoms with van der Waals surface area (Å²) in [7, 11) is 1.70. The van der Waals surface area contributed by atoms with Crippen molar-refractivity contribution in [3.05, 3.63) is 0 Å². The molecular formula is C13H23N3O3. The standard InChI is InChI=1S/C13H23N3O3/c1-9-7-13(8-9,11(14)15-18)12(17)16-5-3-10(19-2)4-6-16/h9-10,18H,3-8H2,1-2H3,(H2,14,15). The predicted octanol–water partition coefficient (Wildman–Crippen LogP) is 0.786. The summed E-state index contributed by atoms with van der Waals surface area (Å²) >= 11 is 0. The molecule has 2 aliphatic rings. The molecule has 0 aromatic heterocycles. The van der Waals surface area contributed by atoms with Crippen LogP contribution < -0.4 is 5.73 Å². The molecule has 108 valence electrons. The van der Waals surface area contributed by atoms with Crippen LogP contribution in [0.15, 0.2) is 5.16 Å². The van der Waals surface area contributed by atoms with Crippen LogP contribution in [0.5, 0.6) is 0 Å². The van der Waals surface area contributed by atoms with E-state index in [1.54, 1.807) is 7.11 Å². The minimum Gasteiger partial charge on any atom is -0.409 e. The Balaban J connectivity index is 2.06. The molecular weight excluding hydrogens is 246 g/mol. The SMILES string of the molecule is COC1CCN(C(=O)C2(C(N)=NO)CC(C)C2)CC1. The number of rotatable bonds is 3. The van der Waals surface area contributed by atoms with Crippen molar-refractivity contribution < 1.29 is 14.7 Å². The molecule has 1 saturated carbocycles. The van der Waals surface area contributed by atoms with Crippen molar-refractivity contribution in [1.82, 2.24) is 4.90 Å². The van der Waals surface area contributed by atoms with E-state index in [1.807, 2.05) is 4.90 Å². The predicted molar refractivity (Wildman–Crippen MR) is 70.9 cm³/mol. The van der Waals surface area contributed by atoms with E-state index in [0.29, 0.717) is 31.8 Å². The summed E-state index contributed by atoms with van der Waals surface area (Å²) in [5.74, 6) is 0.515. The molecule has 1 heterocycles. The quantitative estimate of drug-likeness (QED) is 0.343. The first-order chi connectivity index (χ1) is 9.03. The highest BCUT2D eigenvalue weighted by Crippen LogP contribution is 2.47. The summed E-state index contributed by atoms with van der Waals surface area (Å²) in [5, 5.41) is 12.0. The summed E-state index contributed by atoms with van der Waals surface area (Å²) in [6.07, 6.45) is 3.29. The van der Waals surface area contributed by atoms with Crippen LogP contribution in [0.1, 0.15) is 32.6 Å². The summed E-state index contributed by atoms with van der Waals surface area (Å²) in [6.45, 7) is 3.45. The maximum Gasteiger partial charge on any atom is 0.236 e. The van der Waals surface area contributed by atoms with Crippen LogP contribution in [0.4, 0.5) is 0 Å². The highest BCUT2D eigenvalue weighted by molar-refractivity contribution is 6.07. The number of amidine groups is 1. The van der Waals surface area contributed by atoms with Crippen molar-refractivity contribution >= 4 is 11.7 Å². The number of amides is 1. The van der Waals surface area contributed by atoms with Gasteiger partial charge in [0.25, 0.3) is 0 Å². The lowest BCUT2D eigenvalue weighted by molar-refractivity contribution is -0.146. The van der Waals surface area contributed by atoms with Gasteiger partial charge < -0.3 is 20.6 Å². The third kappa shape index (κ3) is 2.41. The zero-order chi connectivity index (χ0) is 14.0. The van der Waals surface area contributed by atoms with Crippen molar-refractivity contribution in [2.75, 3.05) is 20.2 Å². The first-order valence-electron chi connectivity index (χ1n) is 6.83. The molecule has 0 aromatic carbocycles. The van der Waals surface area contributed by atoms with Crippen molar-refractivity contribution in [2.24, 2.45) is 22.2 Å². The van der Waals surface area contributed by atoms with Gasteiger partial charge in [0, 0.05) is 20.2 Å². The normalized spacial score (nSPS) is 33.1. The zero-order valence-corrected chi connectivity index (χ0v) is 11.6. The lowest BCUT2D eigenvalue weighted by Gasteiger charge is -2.47. The molecule has 0 bridgehead atoms. The average Bonchev–Trinajstić information content (AvgIpc) is 2.42. The van der Waals surface area contributed by atoms with Crippen LogP contribution >= 0.6 is 0 Å². The van der Waals surface area contributed by atoms with Crippen LogP contribution in [0.2, 0.25) is 0 Å². The third-order valence-electron chi connectivity index (χ3n) is 4.46. The Bertz CT molecular complexity index is 369. The number of hydrogen-bond acceptors (Lipinski definition) is 4. The van der Waals surface area contributed by atoms with Gasteiger partial charge in [-0.2, -0.15) is 0 Å². The maximum absolute atomic E-state index is 12.7. The van der Waals surface area contributed by atoms with Crippen LogP contribution in [0.25, 0.3) is 0 Å². The number of oxime groups is 1. The summed E-state index contributed by atoms with van der Waals surface area (Å²) < 4.78 is 5.30. The number of nitrogens with two attached hydrogens (primary N) is 1. The molecule has 2 rings (SSSR count). The molecule has 1 aliphatic heterocycles. The Hall–Kier alpha value is -1.30. The molecule has 0 unspecified atom stereocenters. The third-order valence-corrected chi connectivity index (χ3v) is 4.46. The van der Waals surface area contributed by atoms with E-state index in [4.69, 9.17) is 15.7 Å². The fourth-order valence-corrected chi connectivity index (χ4v) is 3.32. The molecule has 2 fully saturated rings. The van der Waals surface area contributed by atoms with E-state index in [0.717, 1.165) is 12.8 Å². The van der Waals surface area contributed by atoms with Gasteiger partial charge in [-0.3, -0.25) is 4.79 Å². The summed E-state index contributed by atoms with van der Waals surface area (Å²) in [6, 6.07) is 0. The number of ether oxygens (including phenoxy) is 1. The minimum atomic E-state index is -0.770. The molecule has 3 N–H and O–H groups in total. The van der Waals surface area contributed by atoms with E-state index >= 15 is 0 Å². The highest BCUT2D eigenvalue weighted by atomic mass is 16.5. The molecule has 1 aliphatic carbocycles. The van der Waals surface area contributed by atoms with Crippen molar-refractivity contribution in [2.45, 2.75) is 38.7 Å². The molecule has 0 atom stereocenters. The van der Waals surface area contributed by atoms with E-state index in [-0.39, 0.29) is 17.8 Å². The molecule has 0 radical (unpaired) electrons. The van der Waals surface area contributed by atoms with Gasteiger partial charge in [-0.15, -0.1) is 0 Å². The Morgan fingerprint density at radius 2 is 2.00 bits per heavy atom. The van der Waals surface area contributed by atoms with Gasteiger partial charge in [0.05, 0.1) is 6.10 Å². The first kappa shape index (κ1) is 14.1. The van der Waals surface area contributed by atoms with Crippen LogP contribution in [0.3, 0.4) is 0 Å². The van der Waals surface area contributed by atoms with Crippen molar-refractivity contribution in [3.8, 4) is 0 Å². The Labute approximate surface area is 113 Å².